The van der Waals surface area contributed by atoms with Gasteiger partial charge in [0.15, 0.2) is 11.5 Å². The molecule has 1 aromatic rings. The number of phenols is 1. The van der Waals surface area contributed by atoms with Crippen molar-refractivity contribution in [2.24, 2.45) is 0 Å². The van der Waals surface area contributed by atoms with E-state index in [1.165, 1.54) is 13.2 Å². The van der Waals surface area contributed by atoms with Gasteiger partial charge in [0, 0.05) is 6.42 Å². The Kier molecular flexibility index (Phi) is 5.07. The fourth-order valence-corrected chi connectivity index (χ4v) is 1.35. The van der Waals surface area contributed by atoms with E-state index in [9.17, 15) is 9.90 Å². The second-order valence-corrected chi connectivity index (χ2v) is 3.48. The molecule has 4 heteroatoms. The minimum Gasteiger partial charge on any atom is -0.504 e. The van der Waals surface area contributed by atoms with Gasteiger partial charge in [-0.25, -0.2) is 0 Å². The minimum atomic E-state index is -0.267. The van der Waals surface area contributed by atoms with Crippen molar-refractivity contribution in [3.63, 3.8) is 0 Å². The maximum Gasteiger partial charge on any atom is 0.306 e. The lowest BCUT2D eigenvalue weighted by atomic mass is 10.1. The van der Waals surface area contributed by atoms with Crippen LogP contribution in [0.5, 0.6) is 11.5 Å². The van der Waals surface area contributed by atoms with Gasteiger partial charge in [0.2, 0.25) is 0 Å². The predicted molar refractivity (Wildman–Crippen MR) is 64.1 cm³/mol. The molecular weight excluding hydrogens is 220 g/mol. The molecule has 0 aliphatic heterocycles. The molecule has 1 rings (SSSR count). The third kappa shape index (κ3) is 4.18. The Bertz CT molecular complexity index is 398. The van der Waals surface area contributed by atoms with E-state index in [-0.39, 0.29) is 18.3 Å². The topological polar surface area (TPSA) is 55.8 Å². The van der Waals surface area contributed by atoms with E-state index in [1.54, 1.807) is 18.2 Å². The average Bonchev–Trinajstić information content (AvgIpc) is 2.35. The van der Waals surface area contributed by atoms with Gasteiger partial charge in [-0.3, -0.25) is 4.79 Å². The zero-order valence-electron chi connectivity index (χ0n) is 9.81. The molecule has 4 nitrogen and oxygen atoms in total. The van der Waals surface area contributed by atoms with Gasteiger partial charge < -0.3 is 14.6 Å². The molecule has 0 heterocycles. The first-order valence-corrected chi connectivity index (χ1v) is 5.29. The lowest BCUT2D eigenvalue weighted by Gasteiger charge is -2.06. The van der Waals surface area contributed by atoms with Crippen molar-refractivity contribution in [3.8, 4) is 11.5 Å². The Hall–Kier alpha value is -1.97. The highest BCUT2D eigenvalue weighted by molar-refractivity contribution is 5.69. The summed E-state index contributed by atoms with van der Waals surface area (Å²) in [6, 6.07) is 5.00. The number of aryl methyl sites for hydroxylation is 1. The molecule has 0 aliphatic carbocycles. The smallest absolute Gasteiger partial charge is 0.306 e. The number of hydrogen-bond donors (Lipinski definition) is 1. The molecule has 92 valence electrons. The molecule has 0 amide bonds. The van der Waals surface area contributed by atoms with E-state index >= 15 is 0 Å². The van der Waals surface area contributed by atoms with Crippen LogP contribution in [0, 0.1) is 0 Å². The zero-order valence-corrected chi connectivity index (χ0v) is 9.81. The molecule has 0 radical (unpaired) electrons. The van der Waals surface area contributed by atoms with Crippen LogP contribution in [0.4, 0.5) is 0 Å². The van der Waals surface area contributed by atoms with Crippen molar-refractivity contribution >= 4 is 5.97 Å². The van der Waals surface area contributed by atoms with Gasteiger partial charge in [0.25, 0.3) is 0 Å². The summed E-state index contributed by atoms with van der Waals surface area (Å²) in [5, 5.41) is 9.40. The van der Waals surface area contributed by atoms with Crippen LogP contribution < -0.4 is 4.74 Å². The highest BCUT2D eigenvalue weighted by Gasteiger charge is 2.06. The largest absolute Gasteiger partial charge is 0.504 e. The molecule has 0 aromatic heterocycles. The molecule has 0 aliphatic rings. The second-order valence-electron chi connectivity index (χ2n) is 3.48. The molecule has 17 heavy (non-hydrogen) atoms. The zero-order chi connectivity index (χ0) is 12.7. The maximum absolute atomic E-state index is 11.2. The summed E-state index contributed by atoms with van der Waals surface area (Å²) in [5.41, 5.74) is 0.912. The summed E-state index contributed by atoms with van der Waals surface area (Å²) in [4.78, 5) is 11.2. The van der Waals surface area contributed by atoms with Crippen molar-refractivity contribution in [2.45, 2.75) is 12.8 Å². The molecule has 0 unspecified atom stereocenters. The summed E-state index contributed by atoms with van der Waals surface area (Å²) >= 11 is 0. The minimum absolute atomic E-state index is 0.0884. The van der Waals surface area contributed by atoms with Gasteiger partial charge in [-0.15, -0.1) is 0 Å². The first-order chi connectivity index (χ1) is 8.17. The lowest BCUT2D eigenvalue weighted by Crippen LogP contribution is -2.05. The van der Waals surface area contributed by atoms with Gasteiger partial charge in [0.05, 0.1) is 7.11 Å². The molecule has 0 saturated carbocycles. The molecule has 0 fully saturated rings. The van der Waals surface area contributed by atoms with Crippen molar-refractivity contribution in [1.82, 2.24) is 0 Å². The number of carbonyl (C=O) groups is 1. The molecule has 1 N–H and O–H groups in total. The van der Waals surface area contributed by atoms with Crippen molar-refractivity contribution < 1.29 is 19.4 Å². The van der Waals surface area contributed by atoms with E-state index in [0.717, 1.165) is 5.56 Å². The van der Waals surface area contributed by atoms with E-state index < -0.39 is 0 Å². The monoisotopic (exact) mass is 236 g/mol. The molecule has 0 saturated heterocycles. The fraction of sp³-hybridized carbons (Fsp3) is 0.308. The number of carbonyl (C=O) groups excluding carboxylic acids is 1. The van der Waals surface area contributed by atoms with E-state index in [0.29, 0.717) is 18.6 Å². The van der Waals surface area contributed by atoms with Crippen LogP contribution in [0.1, 0.15) is 12.0 Å². The van der Waals surface area contributed by atoms with Gasteiger partial charge in [-0.05, 0) is 24.1 Å². The molecule has 0 atom stereocenters. The Morgan fingerprint density at radius 3 is 2.94 bits per heavy atom. The number of methoxy groups -OCH3 is 1. The van der Waals surface area contributed by atoms with Crippen LogP contribution in [0.3, 0.4) is 0 Å². The highest BCUT2D eigenvalue weighted by atomic mass is 16.5. The van der Waals surface area contributed by atoms with Crippen LogP contribution in [-0.2, 0) is 16.0 Å². The fourth-order valence-electron chi connectivity index (χ4n) is 1.35. The Morgan fingerprint density at radius 2 is 2.29 bits per heavy atom. The van der Waals surface area contributed by atoms with Crippen LogP contribution in [0.2, 0.25) is 0 Å². The molecule has 1 aromatic carbocycles. The third-order valence-corrected chi connectivity index (χ3v) is 2.22. The molecule has 0 spiro atoms. The van der Waals surface area contributed by atoms with Crippen molar-refractivity contribution in [1.29, 1.82) is 0 Å². The Labute approximate surface area is 100 Å². The average molecular weight is 236 g/mol. The Morgan fingerprint density at radius 1 is 1.53 bits per heavy atom. The summed E-state index contributed by atoms with van der Waals surface area (Å²) in [7, 11) is 1.48. The molecular formula is C13H16O4. The van der Waals surface area contributed by atoms with E-state index in [1.807, 2.05) is 0 Å². The molecule has 0 bridgehead atoms. The number of hydrogen-bond acceptors (Lipinski definition) is 4. The number of phenolic OH excluding ortho intramolecular Hbond substituents is 1. The quantitative estimate of drug-likeness (QED) is 0.606. The predicted octanol–water partition coefficient (Wildman–Crippen LogP) is 2.06. The summed E-state index contributed by atoms with van der Waals surface area (Å²) in [6.45, 7) is 3.70. The van der Waals surface area contributed by atoms with Crippen LogP contribution >= 0.6 is 0 Å². The lowest BCUT2D eigenvalue weighted by molar-refractivity contribution is -0.142. The van der Waals surface area contributed by atoms with E-state index in [2.05, 4.69) is 6.58 Å². The van der Waals surface area contributed by atoms with Crippen LogP contribution in [-0.4, -0.2) is 24.8 Å². The number of benzene rings is 1. The maximum atomic E-state index is 11.2. The number of rotatable bonds is 6. The SMILES string of the molecule is C=CCOC(=O)CCc1ccc(O)c(OC)c1. The normalized spacial score (nSPS) is 9.71. The first kappa shape index (κ1) is 13.1. The number of aromatic hydroxyl groups is 1. The highest BCUT2D eigenvalue weighted by Crippen LogP contribution is 2.26. The summed E-state index contributed by atoms with van der Waals surface area (Å²) < 4.78 is 9.83. The van der Waals surface area contributed by atoms with Gasteiger partial charge in [-0.1, -0.05) is 18.7 Å². The van der Waals surface area contributed by atoms with Crippen molar-refractivity contribution in [2.75, 3.05) is 13.7 Å². The number of ether oxygens (including phenoxy) is 2. The van der Waals surface area contributed by atoms with Crippen LogP contribution in [0.25, 0.3) is 0 Å². The van der Waals surface area contributed by atoms with E-state index in [4.69, 9.17) is 9.47 Å². The number of esters is 1. The standard InChI is InChI=1S/C13H16O4/c1-3-8-17-13(15)7-5-10-4-6-11(14)12(9-10)16-2/h3-4,6,9,14H,1,5,7-8H2,2H3. The third-order valence-electron chi connectivity index (χ3n) is 2.22. The Balaban J connectivity index is 2.51. The van der Waals surface area contributed by atoms with Crippen LogP contribution in [0.15, 0.2) is 30.9 Å². The first-order valence-electron chi connectivity index (χ1n) is 5.29. The second kappa shape index (κ2) is 6.58. The van der Waals surface area contributed by atoms with Crippen molar-refractivity contribution in [3.05, 3.63) is 36.4 Å². The van der Waals surface area contributed by atoms with Gasteiger partial charge >= 0.3 is 5.97 Å². The summed E-state index contributed by atoms with van der Waals surface area (Å²) in [5.74, 6) is 0.226. The van der Waals surface area contributed by atoms with Gasteiger partial charge in [-0.2, -0.15) is 0 Å². The summed E-state index contributed by atoms with van der Waals surface area (Å²) in [6.07, 6.45) is 2.37. The van der Waals surface area contributed by atoms with Gasteiger partial charge in [0.1, 0.15) is 6.61 Å².